The van der Waals surface area contributed by atoms with E-state index in [0.717, 1.165) is 23.3 Å². The largest absolute Gasteiger partial charge is 0.336 e. The predicted octanol–water partition coefficient (Wildman–Crippen LogP) is 4.37. The molecule has 0 aliphatic rings. The van der Waals surface area contributed by atoms with E-state index in [2.05, 4.69) is 20.8 Å². The fourth-order valence-electron chi connectivity index (χ4n) is 2.39. The Bertz CT molecular complexity index is 958. The molecule has 0 aliphatic carbocycles. The highest BCUT2D eigenvalue weighted by Crippen LogP contribution is 2.20. The maximum Gasteiger partial charge on any atom is 0.276 e. The molecule has 2 aromatic carbocycles. The van der Waals surface area contributed by atoms with E-state index < -0.39 is 17.5 Å². The molecule has 0 unspecified atom stereocenters. The number of carbonyl (C=O) groups excluding carboxylic acids is 1. The molecule has 1 amide bonds. The van der Waals surface area contributed by atoms with Crippen LogP contribution in [0.4, 0.5) is 26.0 Å². The van der Waals surface area contributed by atoms with Crippen LogP contribution in [0.15, 0.2) is 48.5 Å². The first kappa shape index (κ1) is 17.5. The van der Waals surface area contributed by atoms with Gasteiger partial charge in [0.2, 0.25) is 0 Å². The van der Waals surface area contributed by atoms with Gasteiger partial charge in [0.1, 0.15) is 11.6 Å². The number of amides is 1. The number of halogens is 2. The molecule has 2 N–H and O–H groups in total. The number of nitrogens with one attached hydrogen (secondary N) is 2. The summed E-state index contributed by atoms with van der Waals surface area (Å²) in [5.41, 5.74) is 2.92. The molecule has 7 heteroatoms. The van der Waals surface area contributed by atoms with Crippen LogP contribution in [0.25, 0.3) is 0 Å². The fraction of sp³-hybridized carbons (Fsp3) is 0.105. The van der Waals surface area contributed by atoms with Crippen LogP contribution in [0.1, 0.15) is 21.6 Å². The van der Waals surface area contributed by atoms with E-state index in [4.69, 9.17) is 0 Å². The zero-order chi connectivity index (χ0) is 18.7. The lowest BCUT2D eigenvalue weighted by Gasteiger charge is -2.09. The van der Waals surface area contributed by atoms with Gasteiger partial charge in [-0.25, -0.2) is 8.78 Å². The summed E-state index contributed by atoms with van der Waals surface area (Å²) in [6.45, 7) is 3.87. The first-order chi connectivity index (χ1) is 12.4. The predicted molar refractivity (Wildman–Crippen MR) is 95.5 cm³/mol. The molecule has 5 nitrogen and oxygen atoms in total. The lowest BCUT2D eigenvalue weighted by Crippen LogP contribution is -2.15. The topological polar surface area (TPSA) is 66.9 Å². The van der Waals surface area contributed by atoms with Gasteiger partial charge in [-0.05, 0) is 49.7 Å². The number of rotatable bonds is 4. The summed E-state index contributed by atoms with van der Waals surface area (Å²) in [5.74, 6) is -1.58. The molecule has 0 fully saturated rings. The smallest absolute Gasteiger partial charge is 0.276 e. The molecule has 0 saturated carbocycles. The maximum atomic E-state index is 13.6. The third-order valence-corrected chi connectivity index (χ3v) is 3.72. The molecule has 3 rings (SSSR count). The van der Waals surface area contributed by atoms with E-state index in [1.165, 1.54) is 18.2 Å². The Morgan fingerprint density at radius 3 is 2.35 bits per heavy atom. The van der Waals surface area contributed by atoms with Gasteiger partial charge in [-0.3, -0.25) is 4.79 Å². The first-order valence-corrected chi connectivity index (χ1v) is 7.87. The minimum absolute atomic E-state index is 0.0631. The van der Waals surface area contributed by atoms with Crippen LogP contribution >= 0.6 is 0 Å². The molecule has 0 saturated heterocycles. The minimum Gasteiger partial charge on any atom is -0.336 e. The number of hydrogen-bond donors (Lipinski definition) is 2. The second-order valence-corrected chi connectivity index (χ2v) is 5.83. The van der Waals surface area contributed by atoms with Crippen molar-refractivity contribution in [3.8, 4) is 0 Å². The Morgan fingerprint density at radius 1 is 0.923 bits per heavy atom. The third-order valence-electron chi connectivity index (χ3n) is 3.72. The second kappa shape index (κ2) is 7.26. The average molecular weight is 354 g/mol. The van der Waals surface area contributed by atoms with Gasteiger partial charge in [-0.2, -0.15) is 0 Å². The van der Waals surface area contributed by atoms with Gasteiger partial charge in [-0.15, -0.1) is 10.2 Å². The van der Waals surface area contributed by atoms with Crippen molar-refractivity contribution in [2.24, 2.45) is 0 Å². The summed E-state index contributed by atoms with van der Waals surface area (Å²) in [7, 11) is 0. The van der Waals surface area contributed by atoms with Gasteiger partial charge in [0.05, 0.1) is 5.69 Å². The Labute approximate surface area is 149 Å². The quantitative estimate of drug-likeness (QED) is 0.730. The van der Waals surface area contributed by atoms with Gasteiger partial charge in [0.25, 0.3) is 5.91 Å². The summed E-state index contributed by atoms with van der Waals surface area (Å²) < 4.78 is 26.6. The van der Waals surface area contributed by atoms with Crippen LogP contribution in [0, 0.1) is 25.5 Å². The molecule has 1 aromatic heterocycles. The summed E-state index contributed by atoms with van der Waals surface area (Å²) in [6, 6.07) is 11.8. The first-order valence-electron chi connectivity index (χ1n) is 7.87. The normalized spacial score (nSPS) is 10.5. The van der Waals surface area contributed by atoms with E-state index in [9.17, 15) is 13.6 Å². The van der Waals surface area contributed by atoms with Crippen molar-refractivity contribution in [3.05, 3.63) is 77.0 Å². The van der Waals surface area contributed by atoms with Crippen LogP contribution in [0.3, 0.4) is 0 Å². The molecule has 1 heterocycles. The molecule has 0 spiro atoms. The Morgan fingerprint density at radius 2 is 1.69 bits per heavy atom. The molecule has 3 aromatic rings. The molecule has 0 atom stereocenters. The minimum atomic E-state index is -0.747. The fourth-order valence-corrected chi connectivity index (χ4v) is 2.39. The van der Waals surface area contributed by atoms with Crippen molar-refractivity contribution < 1.29 is 13.6 Å². The van der Waals surface area contributed by atoms with Crippen LogP contribution in [-0.2, 0) is 0 Å². The number of anilines is 3. The molecule has 0 aliphatic heterocycles. The number of carbonyl (C=O) groups is 1. The van der Waals surface area contributed by atoms with Crippen molar-refractivity contribution in [2.75, 3.05) is 10.6 Å². The summed E-state index contributed by atoms with van der Waals surface area (Å²) >= 11 is 0. The SMILES string of the molecule is Cc1ccc(NC(=O)c2ccc(Nc3ccc(F)cc3F)nn2)c(C)c1. The molecular weight excluding hydrogens is 338 g/mol. The highest BCUT2D eigenvalue weighted by Gasteiger charge is 2.11. The van der Waals surface area contributed by atoms with Crippen LogP contribution < -0.4 is 10.6 Å². The Balaban J connectivity index is 1.71. The average Bonchev–Trinajstić information content (AvgIpc) is 2.60. The molecule has 26 heavy (non-hydrogen) atoms. The van der Waals surface area contributed by atoms with Crippen molar-refractivity contribution in [2.45, 2.75) is 13.8 Å². The van der Waals surface area contributed by atoms with Gasteiger partial charge in [-0.1, -0.05) is 17.7 Å². The third kappa shape index (κ3) is 4.00. The molecule has 132 valence electrons. The van der Waals surface area contributed by atoms with Gasteiger partial charge >= 0.3 is 0 Å². The van der Waals surface area contributed by atoms with Crippen molar-refractivity contribution >= 4 is 23.1 Å². The molecule has 0 bridgehead atoms. The number of aryl methyl sites for hydroxylation is 2. The van der Waals surface area contributed by atoms with Crippen LogP contribution in [0.2, 0.25) is 0 Å². The summed E-state index contributed by atoms with van der Waals surface area (Å²) in [5, 5.41) is 13.2. The lowest BCUT2D eigenvalue weighted by molar-refractivity contribution is 0.102. The summed E-state index contributed by atoms with van der Waals surface area (Å²) in [6.07, 6.45) is 0. The maximum absolute atomic E-state index is 13.6. The van der Waals surface area contributed by atoms with E-state index in [1.54, 1.807) is 0 Å². The van der Waals surface area contributed by atoms with Gasteiger partial charge < -0.3 is 10.6 Å². The number of nitrogens with zero attached hydrogens (tertiary/aromatic N) is 2. The van der Waals surface area contributed by atoms with Crippen molar-refractivity contribution in [1.82, 2.24) is 10.2 Å². The van der Waals surface area contributed by atoms with Gasteiger partial charge in [0.15, 0.2) is 11.5 Å². The molecule has 0 radical (unpaired) electrons. The second-order valence-electron chi connectivity index (χ2n) is 5.83. The highest BCUT2D eigenvalue weighted by atomic mass is 19.1. The molecular formula is C19H16F2N4O. The van der Waals surface area contributed by atoms with Crippen LogP contribution in [-0.4, -0.2) is 16.1 Å². The van der Waals surface area contributed by atoms with E-state index in [0.29, 0.717) is 5.69 Å². The van der Waals surface area contributed by atoms with Crippen molar-refractivity contribution in [3.63, 3.8) is 0 Å². The van der Waals surface area contributed by atoms with E-state index in [1.807, 2.05) is 32.0 Å². The van der Waals surface area contributed by atoms with Gasteiger partial charge in [0, 0.05) is 11.8 Å². The lowest BCUT2D eigenvalue weighted by atomic mass is 10.1. The Kier molecular flexibility index (Phi) is 4.88. The standard InChI is InChI=1S/C19H16F2N4O/c1-11-3-5-15(12(2)9-11)23-19(26)17-7-8-18(25-24-17)22-16-6-4-13(20)10-14(16)21/h3-10H,1-2H3,(H,22,25)(H,23,26). The number of aromatic nitrogens is 2. The van der Waals surface area contributed by atoms with E-state index in [-0.39, 0.29) is 17.2 Å². The highest BCUT2D eigenvalue weighted by molar-refractivity contribution is 6.03. The zero-order valence-electron chi connectivity index (χ0n) is 14.2. The number of hydrogen-bond acceptors (Lipinski definition) is 4. The summed E-state index contributed by atoms with van der Waals surface area (Å²) in [4.78, 5) is 12.3. The zero-order valence-corrected chi connectivity index (χ0v) is 14.2. The monoisotopic (exact) mass is 354 g/mol. The Hall–Kier alpha value is -3.35. The van der Waals surface area contributed by atoms with Crippen molar-refractivity contribution in [1.29, 1.82) is 0 Å². The number of benzene rings is 2. The van der Waals surface area contributed by atoms with E-state index >= 15 is 0 Å². The van der Waals surface area contributed by atoms with Crippen LogP contribution in [0.5, 0.6) is 0 Å².